The van der Waals surface area contributed by atoms with E-state index in [2.05, 4.69) is 26.1 Å². The summed E-state index contributed by atoms with van der Waals surface area (Å²) in [4.78, 5) is 27.4. The molecule has 2 aromatic heterocycles. The minimum atomic E-state index is -0.563. The molecule has 2 aromatic carbocycles. The second kappa shape index (κ2) is 8.14. The second-order valence-corrected chi connectivity index (χ2v) is 8.96. The van der Waals surface area contributed by atoms with Crippen molar-refractivity contribution in [3.05, 3.63) is 82.0 Å². The lowest BCUT2D eigenvalue weighted by molar-refractivity contribution is -0.113. The van der Waals surface area contributed by atoms with Crippen LogP contribution in [0.3, 0.4) is 0 Å². The van der Waals surface area contributed by atoms with Crippen LogP contribution in [0.25, 0.3) is 21.3 Å². The fourth-order valence-corrected chi connectivity index (χ4v) is 4.91. The van der Waals surface area contributed by atoms with Gasteiger partial charge in [-0.05, 0) is 55.0 Å². The van der Waals surface area contributed by atoms with Gasteiger partial charge in [-0.25, -0.2) is 4.79 Å². The van der Waals surface area contributed by atoms with Gasteiger partial charge in [0.25, 0.3) is 5.91 Å². The topological polar surface area (TPSA) is 98.9 Å². The molecule has 32 heavy (non-hydrogen) atoms. The first-order valence-electron chi connectivity index (χ1n) is 9.86. The van der Waals surface area contributed by atoms with Crippen LogP contribution in [0, 0.1) is 0 Å². The van der Waals surface area contributed by atoms with E-state index in [4.69, 9.17) is 11.6 Å². The molecule has 1 unspecified atom stereocenters. The van der Waals surface area contributed by atoms with Gasteiger partial charge in [-0.1, -0.05) is 23.7 Å². The number of allylic oxidation sites excluding steroid dienone is 1. The van der Waals surface area contributed by atoms with Crippen LogP contribution in [0.2, 0.25) is 5.02 Å². The van der Waals surface area contributed by atoms with E-state index in [1.165, 1.54) is 11.3 Å². The summed E-state index contributed by atoms with van der Waals surface area (Å²) < 4.78 is 0. The summed E-state index contributed by atoms with van der Waals surface area (Å²) in [7, 11) is 0. The number of rotatable bonds is 4. The SMILES string of the molecule is CC1=C(C(=O)Nc2ccc3[nH]ncc3c2)C(c2ccc(-c3ccc(Cl)cc3)s2)NC(=O)N1. The molecule has 5 rings (SSSR count). The van der Waals surface area contributed by atoms with Crippen LogP contribution in [-0.4, -0.2) is 22.1 Å². The number of thiophene rings is 1. The Morgan fingerprint density at radius 2 is 1.94 bits per heavy atom. The predicted molar refractivity (Wildman–Crippen MR) is 127 cm³/mol. The molecule has 0 radical (unpaired) electrons. The van der Waals surface area contributed by atoms with E-state index in [1.807, 2.05) is 54.6 Å². The standard InChI is InChI=1S/C23H18ClN5O2S/c1-12-20(22(30)27-16-6-7-17-14(10-16)11-25-29-17)21(28-23(31)26-12)19-9-8-18(32-19)13-2-4-15(24)5-3-13/h2-11,21H,1H3,(H,25,29)(H,27,30)(H2,26,28,31). The first-order valence-corrected chi connectivity index (χ1v) is 11.1. The molecule has 3 heterocycles. The fourth-order valence-electron chi connectivity index (χ4n) is 3.70. The van der Waals surface area contributed by atoms with Crippen LogP contribution >= 0.6 is 22.9 Å². The molecule has 0 fully saturated rings. The molecule has 7 nitrogen and oxygen atoms in total. The molecule has 0 spiro atoms. The third-order valence-corrected chi connectivity index (χ3v) is 6.70. The van der Waals surface area contributed by atoms with E-state index in [-0.39, 0.29) is 11.9 Å². The van der Waals surface area contributed by atoms with Crippen molar-refractivity contribution in [2.45, 2.75) is 13.0 Å². The number of nitrogens with zero attached hydrogens (tertiary/aromatic N) is 1. The predicted octanol–water partition coefficient (Wildman–Crippen LogP) is 5.21. The Hall–Kier alpha value is -3.62. The molecule has 4 aromatic rings. The highest BCUT2D eigenvalue weighted by Crippen LogP contribution is 2.36. The lowest BCUT2D eigenvalue weighted by Crippen LogP contribution is -2.45. The number of halogens is 1. The van der Waals surface area contributed by atoms with Crippen molar-refractivity contribution in [1.82, 2.24) is 20.8 Å². The summed E-state index contributed by atoms with van der Waals surface area (Å²) >= 11 is 7.52. The maximum absolute atomic E-state index is 13.3. The van der Waals surface area contributed by atoms with Crippen LogP contribution < -0.4 is 16.0 Å². The van der Waals surface area contributed by atoms with Crippen LogP contribution in [0.15, 0.2) is 72.1 Å². The number of anilines is 1. The molecule has 9 heteroatoms. The minimum absolute atomic E-state index is 0.288. The maximum atomic E-state index is 13.3. The van der Waals surface area contributed by atoms with Gasteiger partial charge < -0.3 is 16.0 Å². The number of fused-ring (bicyclic) bond motifs is 1. The van der Waals surface area contributed by atoms with Crippen molar-refractivity contribution in [3.8, 4) is 10.4 Å². The van der Waals surface area contributed by atoms with Crippen LogP contribution in [0.4, 0.5) is 10.5 Å². The Morgan fingerprint density at radius 3 is 2.75 bits per heavy atom. The van der Waals surface area contributed by atoms with Crippen molar-refractivity contribution in [1.29, 1.82) is 0 Å². The van der Waals surface area contributed by atoms with Crippen LogP contribution in [0.5, 0.6) is 0 Å². The highest BCUT2D eigenvalue weighted by molar-refractivity contribution is 7.15. The van der Waals surface area contributed by atoms with E-state index in [9.17, 15) is 9.59 Å². The average Bonchev–Trinajstić information content (AvgIpc) is 3.43. The lowest BCUT2D eigenvalue weighted by Gasteiger charge is -2.27. The van der Waals surface area contributed by atoms with Gasteiger partial charge >= 0.3 is 6.03 Å². The highest BCUT2D eigenvalue weighted by atomic mass is 35.5. The summed E-state index contributed by atoms with van der Waals surface area (Å²) in [5, 5.41) is 17.0. The number of aromatic nitrogens is 2. The number of amides is 3. The van der Waals surface area contributed by atoms with Gasteiger partial charge in [0.1, 0.15) is 0 Å². The van der Waals surface area contributed by atoms with E-state index in [0.717, 1.165) is 26.2 Å². The molecule has 160 valence electrons. The molecule has 0 aliphatic carbocycles. The Labute approximate surface area is 192 Å². The Bertz CT molecular complexity index is 1370. The lowest BCUT2D eigenvalue weighted by atomic mass is 10.0. The Kier molecular flexibility index (Phi) is 5.16. The molecule has 1 atom stereocenters. The minimum Gasteiger partial charge on any atom is -0.326 e. The zero-order valence-electron chi connectivity index (χ0n) is 16.9. The first-order chi connectivity index (χ1) is 15.5. The van der Waals surface area contributed by atoms with Crippen molar-refractivity contribution < 1.29 is 9.59 Å². The van der Waals surface area contributed by atoms with Crippen molar-refractivity contribution in [2.75, 3.05) is 5.32 Å². The number of hydrogen-bond donors (Lipinski definition) is 4. The Morgan fingerprint density at radius 1 is 1.12 bits per heavy atom. The summed E-state index contributed by atoms with van der Waals surface area (Å²) in [6, 6.07) is 16.1. The number of benzene rings is 2. The highest BCUT2D eigenvalue weighted by Gasteiger charge is 2.32. The third kappa shape index (κ3) is 3.86. The molecule has 1 aliphatic rings. The summed E-state index contributed by atoms with van der Waals surface area (Å²) in [5.74, 6) is -0.288. The number of H-pyrrole nitrogens is 1. The number of hydrogen-bond acceptors (Lipinski definition) is 4. The zero-order valence-corrected chi connectivity index (χ0v) is 18.5. The van der Waals surface area contributed by atoms with Gasteiger partial charge in [0.2, 0.25) is 0 Å². The van der Waals surface area contributed by atoms with Gasteiger partial charge in [0.05, 0.1) is 23.3 Å². The van der Waals surface area contributed by atoms with Crippen molar-refractivity contribution in [2.24, 2.45) is 0 Å². The Balaban J connectivity index is 1.45. The van der Waals surface area contributed by atoms with E-state index >= 15 is 0 Å². The smallest absolute Gasteiger partial charge is 0.319 e. The first kappa shape index (κ1) is 20.3. The largest absolute Gasteiger partial charge is 0.326 e. The molecule has 1 aliphatic heterocycles. The second-order valence-electron chi connectivity index (χ2n) is 7.41. The zero-order chi connectivity index (χ0) is 22.2. The molecular weight excluding hydrogens is 446 g/mol. The molecule has 0 bridgehead atoms. The maximum Gasteiger partial charge on any atom is 0.319 e. The molecule has 4 N–H and O–H groups in total. The molecule has 3 amide bonds. The van der Waals surface area contributed by atoms with Crippen LogP contribution in [0.1, 0.15) is 17.8 Å². The fraction of sp³-hybridized carbons (Fsp3) is 0.0870. The van der Waals surface area contributed by atoms with Crippen LogP contribution in [-0.2, 0) is 4.79 Å². The number of urea groups is 1. The van der Waals surface area contributed by atoms with Gasteiger partial charge in [-0.15, -0.1) is 11.3 Å². The number of carbonyl (C=O) groups is 2. The molecule has 0 saturated heterocycles. The molecule has 0 saturated carbocycles. The van der Waals surface area contributed by atoms with E-state index in [1.54, 1.807) is 13.1 Å². The quantitative estimate of drug-likeness (QED) is 0.334. The number of aromatic amines is 1. The van der Waals surface area contributed by atoms with Gasteiger partial charge in [0.15, 0.2) is 0 Å². The van der Waals surface area contributed by atoms with Crippen molar-refractivity contribution in [3.63, 3.8) is 0 Å². The number of nitrogens with one attached hydrogen (secondary N) is 4. The van der Waals surface area contributed by atoms with Crippen molar-refractivity contribution >= 4 is 51.5 Å². The summed E-state index contributed by atoms with van der Waals surface area (Å²) in [6.45, 7) is 1.73. The van der Waals surface area contributed by atoms with Gasteiger partial charge in [-0.2, -0.15) is 5.10 Å². The van der Waals surface area contributed by atoms with Gasteiger partial charge in [0, 0.05) is 31.5 Å². The summed E-state index contributed by atoms with van der Waals surface area (Å²) in [6.07, 6.45) is 1.70. The van der Waals surface area contributed by atoms with Gasteiger partial charge in [-0.3, -0.25) is 9.89 Å². The third-order valence-electron chi connectivity index (χ3n) is 5.25. The summed E-state index contributed by atoms with van der Waals surface area (Å²) in [5.41, 5.74) is 3.53. The van der Waals surface area contributed by atoms with E-state index < -0.39 is 6.04 Å². The molecular formula is C23H18ClN5O2S. The monoisotopic (exact) mass is 463 g/mol. The van der Waals surface area contributed by atoms with E-state index in [0.29, 0.717) is 22.0 Å². The normalized spacial score (nSPS) is 16.1. The average molecular weight is 464 g/mol. The number of carbonyl (C=O) groups excluding carboxylic acids is 2.